The first-order chi connectivity index (χ1) is 13.6. The van der Waals surface area contributed by atoms with Crippen LogP contribution in [0.25, 0.3) is 0 Å². The summed E-state index contributed by atoms with van der Waals surface area (Å²) >= 11 is 0. The van der Waals surface area contributed by atoms with Gasteiger partial charge in [-0.25, -0.2) is 0 Å². The third-order valence-electron chi connectivity index (χ3n) is 3.19. The van der Waals surface area contributed by atoms with E-state index in [2.05, 4.69) is 28.1 Å². The molecule has 0 amide bonds. The second-order valence-electron chi connectivity index (χ2n) is 5.32. The molecular weight excluding hydrogens is 382 g/mol. The molecule has 1 heterocycles. The largest absolute Gasteiger partial charge is 0.501 e. The Kier molecular flexibility index (Phi) is 12.1. The lowest BCUT2D eigenvalue weighted by Crippen LogP contribution is -2.46. The Balaban J connectivity index is 2.70. The first kappa shape index (κ1) is 24.0. The summed E-state index contributed by atoms with van der Waals surface area (Å²) in [6.45, 7) is 15.5. The first-order valence-corrected chi connectivity index (χ1v) is 11.3. The lowest BCUT2D eigenvalue weighted by Gasteiger charge is -2.28. The van der Waals surface area contributed by atoms with Crippen LogP contribution in [0.1, 0.15) is 27.2 Å². The molecular formula is C18H31N3O6Si. The normalized spacial score (nSPS) is 11.1. The standard InChI is InChI=1S/C18H31N3O6Si/c1-6-12-22-16-19-17(23-13-7-2)21-18(20-16)24-14-11-15-28(25-8-3,26-9-4)27-10-5/h6-7H,1-2,8-15H2,3-5H3. The number of ether oxygens (including phenoxy) is 3. The highest BCUT2D eigenvalue weighted by Gasteiger charge is 2.39. The number of aromatic nitrogens is 3. The van der Waals surface area contributed by atoms with E-state index in [4.69, 9.17) is 27.5 Å². The van der Waals surface area contributed by atoms with Crippen LogP contribution < -0.4 is 14.2 Å². The van der Waals surface area contributed by atoms with E-state index in [1.165, 1.54) is 0 Å². The van der Waals surface area contributed by atoms with Crippen molar-refractivity contribution < 1.29 is 27.5 Å². The highest BCUT2D eigenvalue weighted by molar-refractivity contribution is 6.60. The minimum Gasteiger partial charge on any atom is -0.463 e. The third kappa shape index (κ3) is 8.78. The maximum absolute atomic E-state index is 5.83. The summed E-state index contributed by atoms with van der Waals surface area (Å²) in [6, 6.07) is 0.952. The molecule has 0 saturated carbocycles. The van der Waals surface area contributed by atoms with Crippen molar-refractivity contribution in [3.8, 4) is 18.0 Å². The second-order valence-corrected chi connectivity index (χ2v) is 8.05. The lowest BCUT2D eigenvalue weighted by atomic mass is 10.5. The molecule has 1 aromatic rings. The molecule has 158 valence electrons. The van der Waals surface area contributed by atoms with Gasteiger partial charge < -0.3 is 27.5 Å². The molecule has 0 unspecified atom stereocenters. The van der Waals surface area contributed by atoms with Crippen molar-refractivity contribution in [3.63, 3.8) is 0 Å². The molecule has 0 aliphatic rings. The second kappa shape index (κ2) is 14.1. The Bertz CT molecular complexity index is 543. The number of nitrogens with zero attached hydrogens (tertiary/aromatic N) is 3. The van der Waals surface area contributed by atoms with Gasteiger partial charge in [-0.3, -0.25) is 0 Å². The van der Waals surface area contributed by atoms with Crippen LogP contribution in [0.2, 0.25) is 6.04 Å². The van der Waals surface area contributed by atoms with E-state index in [9.17, 15) is 0 Å². The summed E-state index contributed by atoms with van der Waals surface area (Å²) in [4.78, 5) is 12.3. The van der Waals surface area contributed by atoms with E-state index in [0.717, 1.165) is 0 Å². The minimum atomic E-state index is -2.70. The summed E-state index contributed by atoms with van der Waals surface area (Å²) in [5, 5.41) is 0. The minimum absolute atomic E-state index is 0.102. The molecule has 0 atom stereocenters. The first-order valence-electron chi connectivity index (χ1n) is 9.41. The van der Waals surface area contributed by atoms with Crippen molar-refractivity contribution in [2.75, 3.05) is 39.6 Å². The Hall–Kier alpha value is -2.01. The van der Waals surface area contributed by atoms with Gasteiger partial charge in [0, 0.05) is 25.9 Å². The zero-order chi connectivity index (χ0) is 20.7. The van der Waals surface area contributed by atoms with Crippen molar-refractivity contribution in [2.45, 2.75) is 33.2 Å². The maximum Gasteiger partial charge on any atom is 0.501 e. The predicted octanol–water partition coefficient (Wildman–Crippen LogP) is 2.82. The summed E-state index contributed by atoms with van der Waals surface area (Å²) in [5.74, 6) is 0. The highest BCUT2D eigenvalue weighted by atomic mass is 28.4. The number of rotatable bonds is 17. The van der Waals surface area contributed by atoms with Crippen molar-refractivity contribution >= 4 is 8.80 Å². The SMILES string of the molecule is C=CCOc1nc(OCC=C)nc(OCCC[Si](OCC)(OCC)OCC)n1. The van der Waals surface area contributed by atoms with Gasteiger partial charge in [-0.05, 0) is 27.2 Å². The van der Waals surface area contributed by atoms with Gasteiger partial charge in [0.25, 0.3) is 0 Å². The fourth-order valence-corrected chi connectivity index (χ4v) is 4.81. The molecule has 0 N–H and O–H groups in total. The van der Waals surface area contributed by atoms with Gasteiger partial charge in [-0.15, -0.1) is 15.0 Å². The van der Waals surface area contributed by atoms with Gasteiger partial charge in [0.15, 0.2) is 0 Å². The molecule has 1 aromatic heterocycles. The predicted molar refractivity (Wildman–Crippen MR) is 107 cm³/mol. The van der Waals surface area contributed by atoms with E-state index < -0.39 is 8.80 Å². The van der Waals surface area contributed by atoms with Crippen molar-refractivity contribution in [1.82, 2.24) is 15.0 Å². The number of hydrogen-bond acceptors (Lipinski definition) is 9. The maximum atomic E-state index is 5.83. The zero-order valence-electron chi connectivity index (χ0n) is 17.0. The van der Waals surface area contributed by atoms with Crippen LogP contribution in [-0.2, 0) is 13.3 Å². The Morgan fingerprint density at radius 3 is 1.57 bits per heavy atom. The van der Waals surface area contributed by atoms with E-state index in [0.29, 0.717) is 38.9 Å². The molecule has 10 heteroatoms. The van der Waals surface area contributed by atoms with Crippen LogP contribution in [0.15, 0.2) is 25.3 Å². The molecule has 0 aliphatic heterocycles. The van der Waals surface area contributed by atoms with Crippen molar-refractivity contribution in [3.05, 3.63) is 25.3 Å². The fraction of sp³-hybridized carbons (Fsp3) is 0.611. The van der Waals surface area contributed by atoms with Crippen LogP contribution in [0.3, 0.4) is 0 Å². The molecule has 0 aliphatic carbocycles. The average molecular weight is 414 g/mol. The molecule has 0 saturated heterocycles. The van der Waals surface area contributed by atoms with E-state index in [-0.39, 0.29) is 31.2 Å². The van der Waals surface area contributed by atoms with Crippen LogP contribution in [0.4, 0.5) is 0 Å². The summed E-state index contributed by atoms with van der Waals surface area (Å²) in [6.07, 6.45) is 3.84. The quantitative estimate of drug-likeness (QED) is 0.217. The molecule has 9 nitrogen and oxygen atoms in total. The fourth-order valence-electron chi connectivity index (χ4n) is 2.23. The van der Waals surface area contributed by atoms with Gasteiger partial charge in [0.05, 0.1) is 6.61 Å². The smallest absolute Gasteiger partial charge is 0.463 e. The molecule has 0 spiro atoms. The summed E-state index contributed by atoms with van der Waals surface area (Å²) in [7, 11) is -2.70. The van der Waals surface area contributed by atoms with Crippen LogP contribution in [0, 0.1) is 0 Å². The van der Waals surface area contributed by atoms with Gasteiger partial charge in [-0.1, -0.05) is 25.3 Å². The topological polar surface area (TPSA) is 94.1 Å². The molecule has 1 rings (SSSR count). The van der Waals surface area contributed by atoms with Crippen LogP contribution in [0.5, 0.6) is 18.0 Å². The third-order valence-corrected chi connectivity index (χ3v) is 6.34. The Morgan fingerprint density at radius 1 is 0.750 bits per heavy atom. The van der Waals surface area contributed by atoms with Crippen LogP contribution in [-0.4, -0.2) is 63.4 Å². The molecule has 0 radical (unpaired) electrons. The van der Waals surface area contributed by atoms with Gasteiger partial charge >= 0.3 is 26.8 Å². The van der Waals surface area contributed by atoms with Gasteiger partial charge in [0.1, 0.15) is 13.2 Å². The molecule has 0 fully saturated rings. The summed E-state index contributed by atoms with van der Waals surface area (Å²) in [5.41, 5.74) is 0. The zero-order valence-corrected chi connectivity index (χ0v) is 18.0. The number of hydrogen-bond donors (Lipinski definition) is 0. The Morgan fingerprint density at radius 2 is 1.18 bits per heavy atom. The molecule has 0 bridgehead atoms. The average Bonchev–Trinajstić information content (AvgIpc) is 2.69. The highest BCUT2D eigenvalue weighted by Crippen LogP contribution is 2.19. The van der Waals surface area contributed by atoms with Crippen LogP contribution >= 0.6 is 0 Å². The lowest BCUT2D eigenvalue weighted by molar-refractivity contribution is 0.0695. The summed E-state index contributed by atoms with van der Waals surface area (Å²) < 4.78 is 33.9. The molecule has 0 aromatic carbocycles. The monoisotopic (exact) mass is 413 g/mol. The molecule has 28 heavy (non-hydrogen) atoms. The van der Waals surface area contributed by atoms with Crippen molar-refractivity contribution in [2.24, 2.45) is 0 Å². The van der Waals surface area contributed by atoms with Crippen molar-refractivity contribution in [1.29, 1.82) is 0 Å². The van der Waals surface area contributed by atoms with E-state index in [1.54, 1.807) is 12.2 Å². The van der Waals surface area contributed by atoms with Gasteiger partial charge in [0.2, 0.25) is 0 Å². The van der Waals surface area contributed by atoms with E-state index >= 15 is 0 Å². The van der Waals surface area contributed by atoms with Gasteiger partial charge in [-0.2, -0.15) is 0 Å². The Labute approximate surface area is 168 Å². The van der Waals surface area contributed by atoms with E-state index in [1.807, 2.05) is 20.8 Å².